The second-order valence-electron chi connectivity index (χ2n) is 4.93. The lowest BCUT2D eigenvalue weighted by atomic mass is 10.1. The molecule has 0 heterocycles. The molecule has 0 aliphatic carbocycles. The average Bonchev–Trinajstić information content (AvgIpc) is 2.46. The van der Waals surface area contributed by atoms with Crippen LogP contribution in [-0.4, -0.2) is 13.2 Å². The summed E-state index contributed by atoms with van der Waals surface area (Å²) in [6.45, 7) is 2.54. The van der Waals surface area contributed by atoms with Crippen LogP contribution in [0.2, 0.25) is 0 Å². The lowest BCUT2D eigenvalue weighted by Crippen LogP contribution is -2.18. The van der Waals surface area contributed by atoms with Crippen molar-refractivity contribution >= 4 is 0 Å². The molecule has 0 saturated carbocycles. The Morgan fingerprint density at radius 1 is 1.05 bits per heavy atom. The van der Waals surface area contributed by atoms with Crippen molar-refractivity contribution in [2.45, 2.75) is 26.0 Å². The van der Waals surface area contributed by atoms with Crippen molar-refractivity contribution in [2.24, 2.45) is 5.73 Å². The highest BCUT2D eigenvalue weighted by molar-refractivity contribution is 5.34. The standard InChI is InChI=1S/C17H21NO2/c1-13(18)11-15-5-3-4-6-17(15)20-12-14-7-9-16(19-2)10-8-14/h3-10,13H,11-12,18H2,1-2H3. The van der Waals surface area contributed by atoms with Gasteiger partial charge in [0.1, 0.15) is 18.1 Å². The summed E-state index contributed by atoms with van der Waals surface area (Å²) in [5.41, 5.74) is 8.12. The zero-order chi connectivity index (χ0) is 14.4. The van der Waals surface area contributed by atoms with Gasteiger partial charge in [-0.05, 0) is 42.7 Å². The fourth-order valence-corrected chi connectivity index (χ4v) is 2.04. The van der Waals surface area contributed by atoms with Crippen LogP contribution < -0.4 is 15.2 Å². The molecule has 0 aliphatic heterocycles. The third-order valence-corrected chi connectivity index (χ3v) is 3.07. The van der Waals surface area contributed by atoms with Gasteiger partial charge >= 0.3 is 0 Å². The van der Waals surface area contributed by atoms with E-state index in [0.29, 0.717) is 6.61 Å². The molecule has 0 radical (unpaired) electrons. The number of hydrogen-bond acceptors (Lipinski definition) is 3. The van der Waals surface area contributed by atoms with Gasteiger partial charge in [-0.15, -0.1) is 0 Å². The van der Waals surface area contributed by atoms with Gasteiger partial charge in [0.25, 0.3) is 0 Å². The van der Waals surface area contributed by atoms with Crippen molar-refractivity contribution in [3.05, 3.63) is 59.7 Å². The number of nitrogens with two attached hydrogens (primary N) is 1. The van der Waals surface area contributed by atoms with Gasteiger partial charge in [-0.3, -0.25) is 0 Å². The number of para-hydroxylation sites is 1. The van der Waals surface area contributed by atoms with Gasteiger partial charge in [0, 0.05) is 6.04 Å². The third kappa shape index (κ3) is 4.00. The molecule has 0 aromatic heterocycles. The summed E-state index contributed by atoms with van der Waals surface area (Å²) in [6, 6.07) is 16.1. The highest BCUT2D eigenvalue weighted by Crippen LogP contribution is 2.21. The quantitative estimate of drug-likeness (QED) is 0.877. The van der Waals surface area contributed by atoms with E-state index in [9.17, 15) is 0 Å². The number of ether oxygens (including phenoxy) is 2. The van der Waals surface area contributed by atoms with E-state index in [0.717, 1.165) is 29.0 Å². The minimum absolute atomic E-state index is 0.126. The predicted molar refractivity (Wildman–Crippen MR) is 81.1 cm³/mol. The van der Waals surface area contributed by atoms with Crippen molar-refractivity contribution in [3.8, 4) is 11.5 Å². The van der Waals surface area contributed by atoms with Crippen molar-refractivity contribution in [1.82, 2.24) is 0 Å². The molecule has 0 spiro atoms. The molecule has 2 aromatic rings. The molecule has 0 aliphatic rings. The molecule has 1 atom stereocenters. The van der Waals surface area contributed by atoms with E-state index in [2.05, 4.69) is 6.07 Å². The maximum atomic E-state index is 5.90. The molecule has 3 heteroatoms. The van der Waals surface area contributed by atoms with Gasteiger partial charge in [0.2, 0.25) is 0 Å². The Morgan fingerprint density at radius 3 is 2.40 bits per heavy atom. The smallest absolute Gasteiger partial charge is 0.123 e. The molecular weight excluding hydrogens is 250 g/mol. The average molecular weight is 271 g/mol. The maximum Gasteiger partial charge on any atom is 0.123 e. The molecule has 0 amide bonds. The summed E-state index contributed by atoms with van der Waals surface area (Å²) in [6.07, 6.45) is 0.818. The zero-order valence-corrected chi connectivity index (χ0v) is 12.0. The van der Waals surface area contributed by atoms with Crippen LogP contribution in [0.5, 0.6) is 11.5 Å². The highest BCUT2D eigenvalue weighted by Gasteiger charge is 2.05. The monoisotopic (exact) mass is 271 g/mol. The van der Waals surface area contributed by atoms with Crippen LogP contribution in [0.25, 0.3) is 0 Å². The van der Waals surface area contributed by atoms with E-state index in [4.69, 9.17) is 15.2 Å². The first kappa shape index (κ1) is 14.4. The molecule has 2 rings (SSSR count). The Balaban J connectivity index is 2.02. The molecule has 3 nitrogen and oxygen atoms in total. The summed E-state index contributed by atoms with van der Waals surface area (Å²) < 4.78 is 11.0. The van der Waals surface area contributed by atoms with Gasteiger partial charge < -0.3 is 15.2 Å². The Labute approximate surface area is 120 Å². The van der Waals surface area contributed by atoms with Crippen LogP contribution in [0.3, 0.4) is 0 Å². The van der Waals surface area contributed by atoms with Crippen LogP contribution in [0, 0.1) is 0 Å². The first-order chi connectivity index (χ1) is 9.69. The molecule has 0 fully saturated rings. The molecule has 106 valence electrons. The topological polar surface area (TPSA) is 44.5 Å². The van der Waals surface area contributed by atoms with Crippen molar-refractivity contribution < 1.29 is 9.47 Å². The van der Waals surface area contributed by atoms with Crippen LogP contribution in [0.15, 0.2) is 48.5 Å². The Kier molecular flexibility index (Phi) is 5.02. The van der Waals surface area contributed by atoms with Crippen LogP contribution in [-0.2, 0) is 13.0 Å². The van der Waals surface area contributed by atoms with Crippen LogP contribution in [0.4, 0.5) is 0 Å². The van der Waals surface area contributed by atoms with E-state index >= 15 is 0 Å². The molecule has 0 bridgehead atoms. The summed E-state index contributed by atoms with van der Waals surface area (Å²) >= 11 is 0. The van der Waals surface area contributed by atoms with E-state index in [1.165, 1.54) is 0 Å². The molecule has 20 heavy (non-hydrogen) atoms. The number of benzene rings is 2. The van der Waals surface area contributed by atoms with Crippen LogP contribution in [0.1, 0.15) is 18.1 Å². The SMILES string of the molecule is COc1ccc(COc2ccccc2CC(C)N)cc1. The summed E-state index contributed by atoms with van der Waals surface area (Å²) in [7, 11) is 1.66. The van der Waals surface area contributed by atoms with E-state index in [-0.39, 0.29) is 6.04 Å². The maximum absolute atomic E-state index is 5.90. The van der Waals surface area contributed by atoms with E-state index in [1.54, 1.807) is 7.11 Å². The van der Waals surface area contributed by atoms with Gasteiger partial charge in [0.05, 0.1) is 7.11 Å². The third-order valence-electron chi connectivity index (χ3n) is 3.07. The Morgan fingerprint density at radius 2 is 1.75 bits per heavy atom. The van der Waals surface area contributed by atoms with Gasteiger partial charge in [-0.25, -0.2) is 0 Å². The van der Waals surface area contributed by atoms with Crippen molar-refractivity contribution in [3.63, 3.8) is 0 Å². The lowest BCUT2D eigenvalue weighted by molar-refractivity contribution is 0.302. The molecular formula is C17H21NO2. The first-order valence-corrected chi connectivity index (χ1v) is 6.78. The van der Waals surface area contributed by atoms with Crippen molar-refractivity contribution in [2.75, 3.05) is 7.11 Å². The Bertz CT molecular complexity index is 535. The highest BCUT2D eigenvalue weighted by atomic mass is 16.5. The van der Waals surface area contributed by atoms with E-state index < -0.39 is 0 Å². The fraction of sp³-hybridized carbons (Fsp3) is 0.294. The number of hydrogen-bond donors (Lipinski definition) is 1. The predicted octanol–water partition coefficient (Wildman–Crippen LogP) is 3.16. The second-order valence-corrected chi connectivity index (χ2v) is 4.93. The lowest BCUT2D eigenvalue weighted by Gasteiger charge is -2.13. The number of methoxy groups -OCH3 is 1. The minimum Gasteiger partial charge on any atom is -0.497 e. The van der Waals surface area contributed by atoms with Crippen molar-refractivity contribution in [1.29, 1.82) is 0 Å². The van der Waals surface area contributed by atoms with Gasteiger partial charge in [0.15, 0.2) is 0 Å². The molecule has 2 N–H and O–H groups in total. The molecule has 1 unspecified atom stereocenters. The Hall–Kier alpha value is -2.00. The summed E-state index contributed by atoms with van der Waals surface area (Å²) in [4.78, 5) is 0. The first-order valence-electron chi connectivity index (χ1n) is 6.78. The summed E-state index contributed by atoms with van der Waals surface area (Å²) in [5, 5.41) is 0. The van der Waals surface area contributed by atoms with Crippen LogP contribution >= 0.6 is 0 Å². The minimum atomic E-state index is 0.126. The molecule has 0 saturated heterocycles. The van der Waals surface area contributed by atoms with E-state index in [1.807, 2.05) is 49.4 Å². The largest absolute Gasteiger partial charge is 0.497 e. The fourth-order valence-electron chi connectivity index (χ4n) is 2.04. The number of rotatable bonds is 6. The second kappa shape index (κ2) is 6.96. The normalized spacial score (nSPS) is 11.9. The zero-order valence-electron chi connectivity index (χ0n) is 12.0. The molecule has 2 aromatic carbocycles. The van der Waals surface area contributed by atoms with Gasteiger partial charge in [-0.1, -0.05) is 30.3 Å². The summed E-state index contributed by atoms with van der Waals surface area (Å²) in [5.74, 6) is 1.76. The van der Waals surface area contributed by atoms with Gasteiger partial charge in [-0.2, -0.15) is 0 Å².